The van der Waals surface area contributed by atoms with Gasteiger partial charge in [-0.05, 0) is 48.4 Å². The van der Waals surface area contributed by atoms with E-state index in [0.29, 0.717) is 17.8 Å². The first-order valence-corrected chi connectivity index (χ1v) is 10.3. The summed E-state index contributed by atoms with van der Waals surface area (Å²) in [5.41, 5.74) is 0.899. The monoisotopic (exact) mass is 484 g/mol. The highest BCUT2D eigenvalue weighted by atomic mass is 19.4. The molecule has 0 saturated carbocycles. The highest BCUT2D eigenvalue weighted by Gasteiger charge is 2.37. The van der Waals surface area contributed by atoms with Crippen molar-refractivity contribution in [3.05, 3.63) is 71.4 Å². The zero-order chi connectivity index (χ0) is 24.7. The Bertz CT molecular complexity index is 997. The third-order valence-electron chi connectivity index (χ3n) is 4.73. The van der Waals surface area contributed by atoms with Crippen LogP contribution in [0, 0.1) is 5.82 Å². The highest BCUT2D eigenvalue weighted by molar-refractivity contribution is 5.94. The summed E-state index contributed by atoms with van der Waals surface area (Å²) >= 11 is 0. The third kappa shape index (κ3) is 6.67. The van der Waals surface area contributed by atoms with Crippen LogP contribution in [-0.2, 0) is 11.3 Å². The van der Waals surface area contributed by atoms with Crippen LogP contribution in [0.5, 0.6) is 11.5 Å². The van der Waals surface area contributed by atoms with Gasteiger partial charge in [-0.3, -0.25) is 4.79 Å². The fourth-order valence-electron chi connectivity index (χ4n) is 3.22. The summed E-state index contributed by atoms with van der Waals surface area (Å²) < 4.78 is 60.4. The number of ether oxygens (including phenoxy) is 2. The molecule has 1 aliphatic heterocycles. The molecule has 0 radical (unpaired) electrons. The van der Waals surface area contributed by atoms with Gasteiger partial charge in [0.15, 0.2) is 0 Å². The maximum Gasteiger partial charge on any atom is 0.573 e. The molecule has 184 valence electrons. The Morgan fingerprint density at radius 2 is 1.76 bits per heavy atom. The van der Waals surface area contributed by atoms with Crippen LogP contribution in [0.15, 0.2) is 60.0 Å². The fraction of sp³-hybridized carbons (Fsp3) is 0.318. The molecule has 0 aromatic heterocycles. The van der Waals surface area contributed by atoms with Crippen LogP contribution in [-0.4, -0.2) is 48.8 Å². The number of nitrogens with zero attached hydrogens (tertiary/aromatic N) is 1. The molecule has 1 atom stereocenters. The molecule has 8 nitrogen and oxygen atoms in total. The number of hydrogen-bond acceptors (Lipinski definition) is 7. The quantitative estimate of drug-likeness (QED) is 0.304. The number of nitrogens with one attached hydrogen (secondary N) is 3. The summed E-state index contributed by atoms with van der Waals surface area (Å²) in [6.07, 6.45) is -5.36. The predicted molar refractivity (Wildman–Crippen MR) is 113 cm³/mol. The molecule has 0 spiro atoms. The second-order valence-electron chi connectivity index (χ2n) is 7.19. The average Bonchev–Trinajstić information content (AvgIpc) is 3.12. The Labute approximate surface area is 193 Å². The predicted octanol–water partition coefficient (Wildman–Crippen LogP) is 2.38. The minimum Gasteiger partial charge on any atom is -0.452 e. The molecule has 1 aliphatic rings. The summed E-state index contributed by atoms with van der Waals surface area (Å²) in [7, 11) is 1.60. The van der Waals surface area contributed by atoms with Gasteiger partial charge in [-0.1, -0.05) is 12.1 Å². The van der Waals surface area contributed by atoms with Crippen molar-refractivity contribution in [2.45, 2.75) is 25.7 Å². The van der Waals surface area contributed by atoms with E-state index < -0.39 is 30.2 Å². The Morgan fingerprint density at radius 1 is 1.12 bits per heavy atom. The van der Waals surface area contributed by atoms with Crippen LogP contribution in [0.25, 0.3) is 0 Å². The number of alkyl halides is 3. The molecule has 0 fully saturated rings. The summed E-state index contributed by atoms with van der Waals surface area (Å²) in [5, 5.41) is 17.6. The van der Waals surface area contributed by atoms with Gasteiger partial charge in [-0.25, -0.2) is 4.39 Å². The highest BCUT2D eigenvalue weighted by Crippen LogP contribution is 2.28. The average molecular weight is 484 g/mol. The number of carbonyl (C=O) groups is 1. The Balaban J connectivity index is 1.83. The number of halogens is 4. The lowest BCUT2D eigenvalue weighted by atomic mass is 10.2. The van der Waals surface area contributed by atoms with E-state index in [1.807, 2.05) is 0 Å². The van der Waals surface area contributed by atoms with Crippen molar-refractivity contribution in [3.8, 4) is 11.5 Å². The van der Waals surface area contributed by atoms with Gasteiger partial charge in [-0.2, -0.15) is 0 Å². The molecule has 1 amide bonds. The van der Waals surface area contributed by atoms with Crippen LogP contribution in [0.4, 0.5) is 17.6 Å². The largest absolute Gasteiger partial charge is 0.573 e. The van der Waals surface area contributed by atoms with E-state index in [1.54, 1.807) is 24.1 Å². The van der Waals surface area contributed by atoms with Gasteiger partial charge in [0, 0.05) is 26.7 Å². The summed E-state index contributed by atoms with van der Waals surface area (Å²) in [5.74, 6) is -0.683. The van der Waals surface area contributed by atoms with Crippen molar-refractivity contribution in [2.24, 2.45) is 0 Å². The number of carbonyl (C=O) groups excluding carboxylic acids is 1. The van der Waals surface area contributed by atoms with Gasteiger partial charge >= 0.3 is 6.36 Å². The van der Waals surface area contributed by atoms with Crippen LogP contribution in [0.3, 0.4) is 0 Å². The van der Waals surface area contributed by atoms with E-state index in [1.165, 1.54) is 24.3 Å². The minimum absolute atomic E-state index is 0.0878. The SMILES string of the molecule is CNC1=C(C(=O)NCCCO)N(Cc2ccc(F)cc2)C(Oc2ccc(OC(F)(F)F)cc2)N1. The zero-order valence-electron chi connectivity index (χ0n) is 18.2. The van der Waals surface area contributed by atoms with Crippen molar-refractivity contribution in [2.75, 3.05) is 20.2 Å². The first-order chi connectivity index (χ1) is 16.2. The molecule has 0 saturated heterocycles. The fourth-order valence-corrected chi connectivity index (χ4v) is 3.22. The standard InChI is InChI=1S/C22H24F4N4O4/c1-27-19-18(20(32)28-11-2-12-31)30(13-14-3-5-15(23)6-4-14)21(29-19)33-16-7-9-17(10-8-16)34-22(24,25)26/h3-10,21,27,29,31H,2,11-13H2,1H3,(H,28,32). The number of aliphatic hydroxyl groups is 1. The molecule has 1 unspecified atom stereocenters. The number of amides is 1. The van der Waals surface area contributed by atoms with E-state index in [9.17, 15) is 22.4 Å². The van der Waals surface area contributed by atoms with Crippen LogP contribution in [0.2, 0.25) is 0 Å². The lowest BCUT2D eigenvalue weighted by Crippen LogP contribution is -2.44. The Kier molecular flexibility index (Phi) is 8.05. The first-order valence-electron chi connectivity index (χ1n) is 10.3. The minimum atomic E-state index is -4.81. The maximum atomic E-state index is 13.4. The number of rotatable bonds is 10. The number of aliphatic hydroxyl groups excluding tert-OH is 1. The molecular weight excluding hydrogens is 460 g/mol. The van der Waals surface area contributed by atoms with Crippen molar-refractivity contribution < 1.29 is 36.9 Å². The summed E-state index contributed by atoms with van der Waals surface area (Å²) in [6, 6.07) is 10.5. The smallest absolute Gasteiger partial charge is 0.452 e. The van der Waals surface area contributed by atoms with E-state index >= 15 is 0 Å². The lowest BCUT2D eigenvalue weighted by molar-refractivity contribution is -0.274. The van der Waals surface area contributed by atoms with Crippen molar-refractivity contribution in [1.29, 1.82) is 0 Å². The molecule has 34 heavy (non-hydrogen) atoms. The molecule has 2 aromatic carbocycles. The van der Waals surface area contributed by atoms with Crippen LogP contribution >= 0.6 is 0 Å². The Morgan fingerprint density at radius 3 is 2.35 bits per heavy atom. The van der Waals surface area contributed by atoms with Gasteiger partial charge in [-0.15, -0.1) is 13.2 Å². The summed E-state index contributed by atoms with van der Waals surface area (Å²) in [4.78, 5) is 14.5. The van der Waals surface area contributed by atoms with Crippen LogP contribution in [0.1, 0.15) is 12.0 Å². The Hall–Kier alpha value is -3.67. The van der Waals surface area contributed by atoms with E-state index in [4.69, 9.17) is 9.84 Å². The first kappa shape index (κ1) is 25.0. The second-order valence-corrected chi connectivity index (χ2v) is 7.19. The third-order valence-corrected chi connectivity index (χ3v) is 4.73. The topological polar surface area (TPSA) is 95.1 Å². The molecule has 12 heteroatoms. The summed E-state index contributed by atoms with van der Waals surface area (Å²) in [6.45, 7) is 0.309. The van der Waals surface area contributed by atoms with E-state index in [2.05, 4.69) is 20.7 Å². The van der Waals surface area contributed by atoms with Gasteiger partial charge in [0.05, 0.1) is 0 Å². The van der Waals surface area contributed by atoms with Gasteiger partial charge in [0.2, 0.25) is 0 Å². The molecule has 1 heterocycles. The van der Waals surface area contributed by atoms with Crippen molar-refractivity contribution >= 4 is 5.91 Å². The zero-order valence-corrected chi connectivity index (χ0v) is 18.2. The van der Waals surface area contributed by atoms with Crippen LogP contribution < -0.4 is 25.4 Å². The normalized spacial score (nSPS) is 15.7. The molecule has 2 aromatic rings. The molecular formula is C22H24F4N4O4. The second kappa shape index (κ2) is 11.0. The molecule has 3 rings (SSSR count). The lowest BCUT2D eigenvalue weighted by Gasteiger charge is -2.28. The van der Waals surface area contributed by atoms with E-state index in [0.717, 1.165) is 12.1 Å². The molecule has 0 aliphatic carbocycles. The van der Waals surface area contributed by atoms with Gasteiger partial charge in [0.25, 0.3) is 12.3 Å². The van der Waals surface area contributed by atoms with Gasteiger partial charge < -0.3 is 35.4 Å². The van der Waals surface area contributed by atoms with Crippen molar-refractivity contribution in [1.82, 2.24) is 20.9 Å². The molecule has 4 N–H and O–H groups in total. The molecule has 0 bridgehead atoms. The number of hydrogen-bond donors (Lipinski definition) is 4. The number of benzene rings is 2. The maximum absolute atomic E-state index is 13.4. The van der Waals surface area contributed by atoms with E-state index in [-0.39, 0.29) is 31.1 Å². The van der Waals surface area contributed by atoms with Gasteiger partial charge in [0.1, 0.15) is 28.8 Å². The van der Waals surface area contributed by atoms with Crippen molar-refractivity contribution in [3.63, 3.8) is 0 Å².